The van der Waals surface area contributed by atoms with Gasteiger partial charge in [0.2, 0.25) is 0 Å². The number of H-pyrrole nitrogens is 1. The van der Waals surface area contributed by atoms with Crippen molar-refractivity contribution in [2.24, 2.45) is 0 Å². The van der Waals surface area contributed by atoms with Gasteiger partial charge in [0.05, 0.1) is 23.3 Å². The maximum atomic E-state index is 15.1. The first-order chi connectivity index (χ1) is 18.6. The van der Waals surface area contributed by atoms with Crippen molar-refractivity contribution >= 4 is 16.7 Å². The summed E-state index contributed by atoms with van der Waals surface area (Å²) < 4.78 is 22.4. The van der Waals surface area contributed by atoms with Gasteiger partial charge in [-0.25, -0.2) is 9.49 Å². The Morgan fingerprint density at radius 2 is 1.79 bits per heavy atom. The van der Waals surface area contributed by atoms with Gasteiger partial charge in [0.15, 0.2) is 0 Å². The first-order valence-electron chi connectivity index (χ1n) is 13.3. The van der Waals surface area contributed by atoms with Crippen LogP contribution in [-0.2, 0) is 4.74 Å². The maximum Gasteiger partial charge on any atom is 0.272 e. The average molecular weight is 516 g/mol. The molecule has 3 heterocycles. The number of nitrogens with zero attached hydrogens (tertiary/aromatic N) is 3. The monoisotopic (exact) mass is 515 g/mol. The topological polar surface area (TPSA) is 102 Å². The molecule has 2 aromatic heterocycles. The van der Waals surface area contributed by atoms with Gasteiger partial charge in [-0.15, -0.1) is 0 Å². The van der Waals surface area contributed by atoms with Gasteiger partial charge in [0.1, 0.15) is 5.82 Å². The van der Waals surface area contributed by atoms with E-state index in [4.69, 9.17) is 4.74 Å². The number of hydrogen-bond acceptors (Lipinski definition) is 5. The SMILES string of the molecule is O=C(NC1CCC(c2n[nH]c(=O)c3ccccc23)CC1)c1ccc(-c2cnn(C3CCOCC3)c2)c(F)c1. The molecule has 2 N–H and O–H groups in total. The van der Waals surface area contributed by atoms with Crippen LogP contribution in [0.25, 0.3) is 21.9 Å². The van der Waals surface area contributed by atoms with Gasteiger partial charge in [-0.2, -0.15) is 10.2 Å². The van der Waals surface area contributed by atoms with Gasteiger partial charge in [-0.1, -0.05) is 24.3 Å². The number of ether oxygens (including phenoxy) is 1. The van der Waals surface area contributed by atoms with Crippen LogP contribution in [0, 0.1) is 5.82 Å². The van der Waals surface area contributed by atoms with Crippen LogP contribution in [0.15, 0.2) is 59.7 Å². The van der Waals surface area contributed by atoms with E-state index in [2.05, 4.69) is 20.6 Å². The van der Waals surface area contributed by atoms with Crippen LogP contribution < -0.4 is 10.9 Å². The molecule has 0 atom stereocenters. The fourth-order valence-electron chi connectivity index (χ4n) is 5.74. The fraction of sp³-hybridized carbons (Fsp3) is 0.379. The summed E-state index contributed by atoms with van der Waals surface area (Å²) in [6.45, 7) is 1.42. The third kappa shape index (κ3) is 4.86. The quantitative estimate of drug-likeness (QED) is 0.400. The summed E-state index contributed by atoms with van der Waals surface area (Å²) in [6, 6.07) is 12.4. The molecule has 6 rings (SSSR count). The maximum absolute atomic E-state index is 15.1. The summed E-state index contributed by atoms with van der Waals surface area (Å²) >= 11 is 0. The van der Waals surface area contributed by atoms with Crippen LogP contribution in [0.1, 0.15) is 66.5 Å². The Bertz CT molecular complexity index is 1520. The second-order valence-electron chi connectivity index (χ2n) is 10.3. The van der Waals surface area contributed by atoms with Crippen molar-refractivity contribution in [3.63, 3.8) is 0 Å². The lowest BCUT2D eigenvalue weighted by atomic mass is 9.82. The standard InChI is InChI=1S/C29H30FN5O3/c30-26-15-19(7-10-23(26)20-16-31-35(17-20)22-11-13-38-14-12-22)28(36)32-21-8-5-18(6-9-21)27-24-3-1-2-4-25(24)29(37)34-33-27/h1-4,7,10,15-18,21-22H,5-6,8-9,11-14H2,(H,32,36)(H,34,37). The van der Waals surface area contributed by atoms with Crippen LogP contribution in [0.2, 0.25) is 0 Å². The molecule has 1 amide bonds. The number of amides is 1. The Labute approximate surface area is 219 Å². The Kier molecular flexibility index (Phi) is 6.76. The molecule has 2 aromatic carbocycles. The van der Waals surface area contributed by atoms with E-state index in [0.29, 0.717) is 35.3 Å². The van der Waals surface area contributed by atoms with Crippen LogP contribution in [-0.4, -0.2) is 45.1 Å². The number of carbonyl (C=O) groups is 1. The number of benzene rings is 2. The highest BCUT2D eigenvalue weighted by Crippen LogP contribution is 2.34. The van der Waals surface area contributed by atoms with Crippen molar-refractivity contribution in [3.05, 3.63) is 82.3 Å². The summed E-state index contributed by atoms with van der Waals surface area (Å²) in [6.07, 6.45) is 8.59. The van der Waals surface area contributed by atoms with Crippen molar-refractivity contribution in [2.75, 3.05) is 13.2 Å². The van der Waals surface area contributed by atoms with Gasteiger partial charge in [0, 0.05) is 53.4 Å². The molecule has 1 saturated carbocycles. The van der Waals surface area contributed by atoms with E-state index in [0.717, 1.165) is 49.6 Å². The number of fused-ring (bicyclic) bond motifs is 1. The van der Waals surface area contributed by atoms with E-state index >= 15 is 4.39 Å². The van der Waals surface area contributed by atoms with Crippen LogP contribution >= 0.6 is 0 Å². The van der Waals surface area contributed by atoms with Crippen LogP contribution in [0.4, 0.5) is 4.39 Å². The second kappa shape index (κ2) is 10.5. The number of rotatable bonds is 5. The number of halogens is 1. The van der Waals surface area contributed by atoms with Crippen molar-refractivity contribution in [1.29, 1.82) is 0 Å². The molecule has 0 bridgehead atoms. The summed E-state index contributed by atoms with van der Waals surface area (Å²) in [4.78, 5) is 25.0. The lowest BCUT2D eigenvalue weighted by Gasteiger charge is -2.29. The lowest BCUT2D eigenvalue weighted by molar-refractivity contribution is 0.0662. The molecule has 1 aliphatic carbocycles. The summed E-state index contributed by atoms with van der Waals surface area (Å²) in [5.41, 5.74) is 2.15. The van der Waals surface area contributed by atoms with E-state index in [9.17, 15) is 9.59 Å². The predicted octanol–water partition coefficient (Wildman–Crippen LogP) is 4.73. The van der Waals surface area contributed by atoms with Gasteiger partial charge in [-0.3, -0.25) is 14.3 Å². The Morgan fingerprint density at radius 3 is 2.55 bits per heavy atom. The predicted molar refractivity (Wildman–Crippen MR) is 142 cm³/mol. The molecule has 38 heavy (non-hydrogen) atoms. The molecular formula is C29H30FN5O3. The normalized spacial score (nSPS) is 20.4. The third-order valence-corrected chi connectivity index (χ3v) is 7.88. The first kappa shape index (κ1) is 24.5. The third-order valence-electron chi connectivity index (χ3n) is 7.88. The number of nitrogens with one attached hydrogen (secondary N) is 2. The molecule has 0 unspecified atom stereocenters. The smallest absolute Gasteiger partial charge is 0.272 e. The number of aromatic amines is 1. The molecule has 2 fully saturated rings. The molecule has 1 aliphatic heterocycles. The Hall–Kier alpha value is -3.85. The molecule has 2 aliphatic rings. The lowest BCUT2D eigenvalue weighted by Crippen LogP contribution is -2.37. The average Bonchev–Trinajstić information content (AvgIpc) is 3.44. The summed E-state index contributed by atoms with van der Waals surface area (Å²) in [7, 11) is 0. The van der Waals surface area contributed by atoms with E-state index in [1.54, 1.807) is 18.3 Å². The molecule has 196 valence electrons. The van der Waals surface area contributed by atoms with E-state index in [1.165, 1.54) is 6.07 Å². The summed E-state index contributed by atoms with van der Waals surface area (Å²) in [5, 5.41) is 16.0. The number of aromatic nitrogens is 4. The van der Waals surface area contributed by atoms with Crippen molar-refractivity contribution in [3.8, 4) is 11.1 Å². The highest BCUT2D eigenvalue weighted by Gasteiger charge is 2.27. The number of hydrogen-bond donors (Lipinski definition) is 2. The fourth-order valence-corrected chi connectivity index (χ4v) is 5.74. The zero-order valence-corrected chi connectivity index (χ0v) is 21.0. The van der Waals surface area contributed by atoms with Gasteiger partial charge in [0.25, 0.3) is 11.5 Å². The van der Waals surface area contributed by atoms with Gasteiger partial charge in [-0.05, 0) is 56.7 Å². The minimum Gasteiger partial charge on any atom is -0.381 e. The highest BCUT2D eigenvalue weighted by atomic mass is 19.1. The van der Waals surface area contributed by atoms with Gasteiger partial charge >= 0.3 is 0 Å². The molecular weight excluding hydrogens is 485 g/mol. The van der Waals surface area contributed by atoms with Gasteiger partial charge < -0.3 is 10.1 Å². The van der Waals surface area contributed by atoms with Crippen LogP contribution in [0.3, 0.4) is 0 Å². The van der Waals surface area contributed by atoms with E-state index in [1.807, 2.05) is 35.1 Å². The molecule has 8 nitrogen and oxygen atoms in total. The largest absolute Gasteiger partial charge is 0.381 e. The summed E-state index contributed by atoms with van der Waals surface area (Å²) in [5.74, 6) is -0.503. The van der Waals surface area contributed by atoms with Crippen LogP contribution in [0.5, 0.6) is 0 Å². The highest BCUT2D eigenvalue weighted by molar-refractivity contribution is 5.95. The number of carbonyl (C=O) groups excluding carboxylic acids is 1. The molecule has 9 heteroatoms. The molecule has 0 spiro atoms. The minimum atomic E-state index is -0.441. The molecule has 4 aromatic rings. The van der Waals surface area contributed by atoms with E-state index < -0.39 is 5.82 Å². The van der Waals surface area contributed by atoms with E-state index in [-0.39, 0.29) is 29.5 Å². The molecule has 0 radical (unpaired) electrons. The molecule has 1 saturated heterocycles. The van der Waals surface area contributed by atoms with Crippen molar-refractivity contribution in [1.82, 2.24) is 25.3 Å². The Balaban J connectivity index is 1.09. The van der Waals surface area contributed by atoms with Crippen molar-refractivity contribution in [2.45, 2.75) is 56.5 Å². The zero-order chi connectivity index (χ0) is 26.1. The minimum absolute atomic E-state index is 0.00761. The Morgan fingerprint density at radius 1 is 1.03 bits per heavy atom. The zero-order valence-electron chi connectivity index (χ0n) is 21.0. The second-order valence-corrected chi connectivity index (χ2v) is 10.3. The first-order valence-corrected chi connectivity index (χ1v) is 13.3. The van der Waals surface area contributed by atoms with Crippen molar-refractivity contribution < 1.29 is 13.9 Å².